The van der Waals surface area contributed by atoms with Gasteiger partial charge in [-0.25, -0.2) is 0 Å². The van der Waals surface area contributed by atoms with Crippen molar-refractivity contribution in [3.05, 3.63) is 41.5 Å². The van der Waals surface area contributed by atoms with E-state index in [0.717, 1.165) is 0 Å². The summed E-state index contributed by atoms with van der Waals surface area (Å²) >= 11 is 0. The molecule has 0 N–H and O–H groups in total. The fourth-order valence-electron chi connectivity index (χ4n) is 4.25. The molecule has 0 saturated heterocycles. The number of carbonyl (C=O) groups is 1. The highest BCUT2D eigenvalue weighted by atomic mass is 16.5. The standard InChI is InChI=1S/C19H24O2/c1-6-21-17(20)16-18(4,5)19(16)11-14(12(2)3)13-9-7-8-10-15(13)19/h7-12,16H,6H2,1-5H3/t16-,19-/m1/s1. The van der Waals surface area contributed by atoms with Crippen LogP contribution in [0.1, 0.15) is 45.7 Å². The van der Waals surface area contributed by atoms with Crippen LogP contribution >= 0.6 is 0 Å². The zero-order valence-corrected chi connectivity index (χ0v) is 13.6. The van der Waals surface area contributed by atoms with Gasteiger partial charge < -0.3 is 4.74 Å². The Morgan fingerprint density at radius 1 is 1.29 bits per heavy atom. The van der Waals surface area contributed by atoms with Crippen molar-refractivity contribution in [2.24, 2.45) is 17.3 Å². The third kappa shape index (κ3) is 1.68. The molecule has 112 valence electrons. The summed E-state index contributed by atoms with van der Waals surface area (Å²) in [5.74, 6) is 0.339. The minimum atomic E-state index is -0.171. The van der Waals surface area contributed by atoms with E-state index in [1.807, 2.05) is 6.92 Å². The van der Waals surface area contributed by atoms with Crippen LogP contribution in [0.5, 0.6) is 0 Å². The van der Waals surface area contributed by atoms with E-state index in [9.17, 15) is 4.79 Å². The monoisotopic (exact) mass is 284 g/mol. The second-order valence-electron chi connectivity index (χ2n) is 7.08. The van der Waals surface area contributed by atoms with Crippen molar-refractivity contribution in [3.63, 3.8) is 0 Å². The van der Waals surface area contributed by atoms with Gasteiger partial charge in [-0.15, -0.1) is 0 Å². The summed E-state index contributed by atoms with van der Waals surface area (Å²) in [5, 5.41) is 0. The molecule has 2 aliphatic rings. The van der Waals surface area contributed by atoms with Gasteiger partial charge in [-0.3, -0.25) is 4.79 Å². The van der Waals surface area contributed by atoms with Crippen molar-refractivity contribution < 1.29 is 9.53 Å². The topological polar surface area (TPSA) is 26.3 Å². The van der Waals surface area contributed by atoms with Gasteiger partial charge in [-0.05, 0) is 35.0 Å². The second-order valence-corrected chi connectivity index (χ2v) is 7.08. The fraction of sp³-hybridized carbons (Fsp3) is 0.526. The van der Waals surface area contributed by atoms with E-state index >= 15 is 0 Å². The van der Waals surface area contributed by atoms with Crippen molar-refractivity contribution in [2.45, 2.75) is 40.0 Å². The first-order valence-electron chi connectivity index (χ1n) is 7.87. The van der Waals surface area contributed by atoms with Crippen molar-refractivity contribution in [3.8, 4) is 0 Å². The molecule has 21 heavy (non-hydrogen) atoms. The molecule has 2 aliphatic carbocycles. The van der Waals surface area contributed by atoms with Crippen LogP contribution < -0.4 is 0 Å². The summed E-state index contributed by atoms with van der Waals surface area (Å²) in [6, 6.07) is 8.53. The number of allylic oxidation sites excluding steroid dienone is 2. The summed E-state index contributed by atoms with van der Waals surface area (Å²) in [7, 11) is 0. The van der Waals surface area contributed by atoms with Crippen LogP contribution in [-0.4, -0.2) is 12.6 Å². The number of rotatable bonds is 3. The molecule has 1 spiro atoms. The molecule has 1 fully saturated rings. The molecule has 0 unspecified atom stereocenters. The van der Waals surface area contributed by atoms with Gasteiger partial charge >= 0.3 is 5.97 Å². The molecule has 1 saturated carbocycles. The Morgan fingerprint density at radius 3 is 2.57 bits per heavy atom. The van der Waals surface area contributed by atoms with Gasteiger partial charge in [0.05, 0.1) is 12.5 Å². The van der Waals surface area contributed by atoms with Crippen LogP contribution in [0.2, 0.25) is 0 Å². The van der Waals surface area contributed by atoms with Gasteiger partial charge in [-0.2, -0.15) is 0 Å². The second kappa shape index (κ2) is 4.46. The Hall–Kier alpha value is -1.57. The van der Waals surface area contributed by atoms with Crippen LogP contribution in [0, 0.1) is 17.3 Å². The van der Waals surface area contributed by atoms with Crippen LogP contribution in [-0.2, 0) is 14.9 Å². The van der Waals surface area contributed by atoms with Crippen molar-refractivity contribution >= 4 is 11.5 Å². The van der Waals surface area contributed by atoms with Crippen molar-refractivity contribution in [1.29, 1.82) is 0 Å². The number of carbonyl (C=O) groups excluding carboxylic acids is 1. The fourth-order valence-corrected chi connectivity index (χ4v) is 4.25. The Morgan fingerprint density at radius 2 is 1.95 bits per heavy atom. The van der Waals surface area contributed by atoms with Gasteiger partial charge in [-0.1, -0.05) is 58.0 Å². The largest absolute Gasteiger partial charge is 0.466 e. The van der Waals surface area contributed by atoms with Gasteiger partial charge in [0, 0.05) is 5.41 Å². The quantitative estimate of drug-likeness (QED) is 0.778. The third-order valence-electron chi connectivity index (χ3n) is 5.37. The Labute approximate surface area is 127 Å². The molecule has 3 rings (SSSR count). The third-order valence-corrected chi connectivity index (χ3v) is 5.37. The molecule has 2 atom stereocenters. The number of fused-ring (bicyclic) bond motifs is 2. The van der Waals surface area contributed by atoms with Gasteiger partial charge in [0.25, 0.3) is 0 Å². The van der Waals surface area contributed by atoms with E-state index in [1.165, 1.54) is 16.7 Å². The van der Waals surface area contributed by atoms with Crippen LogP contribution in [0.15, 0.2) is 30.3 Å². The van der Waals surface area contributed by atoms with Crippen molar-refractivity contribution in [1.82, 2.24) is 0 Å². The summed E-state index contributed by atoms with van der Waals surface area (Å²) < 4.78 is 5.33. The Balaban J connectivity index is 2.13. The maximum Gasteiger partial charge on any atom is 0.310 e. The van der Waals surface area contributed by atoms with E-state index < -0.39 is 0 Å². The lowest BCUT2D eigenvalue weighted by Gasteiger charge is -2.13. The summed E-state index contributed by atoms with van der Waals surface area (Å²) in [4.78, 5) is 12.4. The van der Waals surface area contributed by atoms with Gasteiger partial charge in [0.2, 0.25) is 0 Å². The number of benzene rings is 1. The zero-order valence-electron chi connectivity index (χ0n) is 13.6. The number of ether oxygens (including phenoxy) is 1. The van der Waals surface area contributed by atoms with E-state index in [0.29, 0.717) is 12.5 Å². The molecule has 1 aromatic carbocycles. The molecule has 0 aromatic heterocycles. The number of esters is 1. The lowest BCUT2D eigenvalue weighted by Crippen LogP contribution is -2.14. The molecule has 0 amide bonds. The summed E-state index contributed by atoms with van der Waals surface area (Å²) in [6.45, 7) is 11.1. The van der Waals surface area contributed by atoms with E-state index in [1.54, 1.807) is 0 Å². The van der Waals surface area contributed by atoms with Crippen molar-refractivity contribution in [2.75, 3.05) is 6.61 Å². The molecular weight excluding hydrogens is 260 g/mol. The summed E-state index contributed by atoms with van der Waals surface area (Å²) in [6.07, 6.45) is 2.35. The van der Waals surface area contributed by atoms with E-state index in [-0.39, 0.29) is 22.7 Å². The highest BCUT2D eigenvalue weighted by Gasteiger charge is 2.76. The summed E-state index contributed by atoms with van der Waals surface area (Å²) in [5.41, 5.74) is 3.73. The molecule has 0 aliphatic heterocycles. The first-order chi connectivity index (χ1) is 9.88. The van der Waals surface area contributed by atoms with E-state index in [2.05, 4.69) is 58.0 Å². The van der Waals surface area contributed by atoms with Crippen LogP contribution in [0.3, 0.4) is 0 Å². The van der Waals surface area contributed by atoms with Crippen LogP contribution in [0.4, 0.5) is 0 Å². The highest BCUT2D eigenvalue weighted by Crippen LogP contribution is 2.74. The molecule has 2 nitrogen and oxygen atoms in total. The van der Waals surface area contributed by atoms with Crippen LogP contribution in [0.25, 0.3) is 5.57 Å². The maximum absolute atomic E-state index is 12.4. The minimum absolute atomic E-state index is 0.0569. The predicted octanol–water partition coefficient (Wildman–Crippen LogP) is 4.20. The van der Waals surface area contributed by atoms with Gasteiger partial charge in [0.1, 0.15) is 0 Å². The number of hydrogen-bond donors (Lipinski definition) is 0. The predicted molar refractivity (Wildman–Crippen MR) is 84.8 cm³/mol. The zero-order chi connectivity index (χ0) is 15.4. The molecule has 1 aromatic rings. The highest BCUT2D eigenvalue weighted by molar-refractivity contribution is 5.90. The average Bonchev–Trinajstić information content (AvgIpc) is 2.75. The molecule has 0 bridgehead atoms. The first-order valence-corrected chi connectivity index (χ1v) is 7.87. The Bertz CT molecular complexity index is 624. The average molecular weight is 284 g/mol. The smallest absolute Gasteiger partial charge is 0.310 e. The van der Waals surface area contributed by atoms with E-state index in [4.69, 9.17) is 4.74 Å². The minimum Gasteiger partial charge on any atom is -0.466 e. The SMILES string of the molecule is CCOC(=O)[C@@H]1C(C)(C)[C@@]12C=C(C(C)C)c1ccccc12. The lowest BCUT2D eigenvalue weighted by atomic mass is 9.89. The van der Waals surface area contributed by atoms with Gasteiger partial charge in [0.15, 0.2) is 0 Å². The lowest BCUT2D eigenvalue weighted by molar-refractivity contribution is -0.145. The normalized spacial score (nSPS) is 28.5. The molecule has 2 heteroatoms. The maximum atomic E-state index is 12.4. The molecule has 0 heterocycles. The molecule has 0 radical (unpaired) electrons. The number of hydrogen-bond acceptors (Lipinski definition) is 2. The first kappa shape index (κ1) is 14.4. The Kier molecular flexibility index (Phi) is 3.05. The molecular formula is C19H24O2.